The summed E-state index contributed by atoms with van der Waals surface area (Å²) in [6.07, 6.45) is 2.31. The molecule has 3 rings (SSSR count). The van der Waals surface area contributed by atoms with Crippen molar-refractivity contribution < 1.29 is 19.1 Å². The fourth-order valence-corrected chi connectivity index (χ4v) is 3.73. The third-order valence-corrected chi connectivity index (χ3v) is 4.87. The van der Waals surface area contributed by atoms with Crippen molar-refractivity contribution in [1.29, 1.82) is 0 Å². The number of esters is 1. The summed E-state index contributed by atoms with van der Waals surface area (Å²) in [7, 11) is 4.50. The van der Waals surface area contributed by atoms with Crippen molar-refractivity contribution in [2.45, 2.75) is 12.5 Å². The zero-order valence-electron chi connectivity index (χ0n) is 13.1. The zero-order valence-corrected chi connectivity index (χ0v) is 13.9. The van der Waals surface area contributed by atoms with Crippen molar-refractivity contribution in [3.05, 3.63) is 33.6 Å². The van der Waals surface area contributed by atoms with Crippen molar-refractivity contribution in [2.24, 2.45) is 7.05 Å². The fraction of sp³-hybridized carbons (Fsp3) is 0.400. The third kappa shape index (κ3) is 2.59. The highest BCUT2D eigenvalue weighted by Crippen LogP contribution is 2.35. The molecule has 2 aromatic rings. The molecule has 1 aliphatic rings. The molecule has 1 unspecified atom stereocenters. The minimum atomic E-state index is -0.729. The van der Waals surface area contributed by atoms with Crippen molar-refractivity contribution in [3.63, 3.8) is 0 Å². The number of amides is 1. The summed E-state index contributed by atoms with van der Waals surface area (Å²) >= 11 is 1.59. The average Bonchev–Trinajstić information content (AvgIpc) is 3.18. The molecular weight excluding hydrogens is 318 g/mol. The van der Waals surface area contributed by atoms with Crippen LogP contribution < -0.4 is 4.74 Å². The number of hydrogen-bond acceptors (Lipinski definition) is 6. The first-order valence-electron chi connectivity index (χ1n) is 7.09. The number of hydrogen-bond donors (Lipinski definition) is 0. The first kappa shape index (κ1) is 15.5. The first-order chi connectivity index (χ1) is 11.1. The van der Waals surface area contributed by atoms with E-state index in [1.807, 2.05) is 11.4 Å². The minimum Gasteiger partial charge on any atom is -0.479 e. The van der Waals surface area contributed by atoms with Crippen LogP contribution in [0.4, 0.5) is 0 Å². The van der Waals surface area contributed by atoms with E-state index < -0.39 is 12.0 Å². The number of rotatable bonds is 3. The molecule has 0 spiro atoms. The van der Waals surface area contributed by atoms with Gasteiger partial charge in [0.25, 0.3) is 5.91 Å². The number of aromatic nitrogens is 2. The molecule has 0 aliphatic carbocycles. The van der Waals surface area contributed by atoms with Crippen molar-refractivity contribution >= 4 is 23.2 Å². The van der Waals surface area contributed by atoms with Crippen LogP contribution in [-0.4, -0.2) is 47.3 Å². The second-order valence-electron chi connectivity index (χ2n) is 5.20. The maximum Gasteiger partial charge on any atom is 0.333 e. The van der Waals surface area contributed by atoms with Gasteiger partial charge in [-0.3, -0.25) is 9.48 Å². The average molecular weight is 335 g/mol. The van der Waals surface area contributed by atoms with Crippen molar-refractivity contribution in [2.75, 3.05) is 20.8 Å². The van der Waals surface area contributed by atoms with E-state index in [2.05, 4.69) is 5.10 Å². The summed E-state index contributed by atoms with van der Waals surface area (Å²) in [5, 5.41) is 6.03. The standard InChI is InChI=1S/C15H17N3O4S/c1-17-8-10(13(16-17)21-2)14(19)18-6-4-11-9(5-7-23-11)12(18)15(20)22-3/h5,7-8,12H,4,6H2,1-3H3. The Morgan fingerprint density at radius 1 is 1.39 bits per heavy atom. The SMILES string of the molecule is COC(=O)C1c2ccsc2CCN1C(=O)c1cn(C)nc1OC. The number of aryl methyl sites for hydroxylation is 1. The van der Waals surface area contributed by atoms with E-state index in [1.54, 1.807) is 24.6 Å². The highest BCUT2D eigenvalue weighted by atomic mass is 32.1. The first-order valence-corrected chi connectivity index (χ1v) is 7.97. The number of ether oxygens (including phenoxy) is 2. The maximum absolute atomic E-state index is 12.9. The van der Waals surface area contributed by atoms with Gasteiger partial charge in [-0.25, -0.2) is 4.79 Å². The summed E-state index contributed by atoms with van der Waals surface area (Å²) in [6, 6.07) is 1.15. The highest BCUT2D eigenvalue weighted by Gasteiger charge is 2.39. The van der Waals surface area contributed by atoms with Gasteiger partial charge in [-0.2, -0.15) is 0 Å². The van der Waals surface area contributed by atoms with Crippen LogP contribution in [0.25, 0.3) is 0 Å². The van der Waals surface area contributed by atoms with E-state index >= 15 is 0 Å². The molecule has 2 aromatic heterocycles. The van der Waals surface area contributed by atoms with Gasteiger partial charge in [-0.05, 0) is 23.4 Å². The van der Waals surface area contributed by atoms with E-state index in [-0.39, 0.29) is 11.8 Å². The normalized spacial score (nSPS) is 16.8. The molecule has 1 aliphatic heterocycles. The fourth-order valence-electron chi connectivity index (χ4n) is 2.82. The summed E-state index contributed by atoms with van der Waals surface area (Å²) in [5.41, 5.74) is 1.17. The van der Waals surface area contributed by atoms with E-state index in [4.69, 9.17) is 9.47 Å². The quantitative estimate of drug-likeness (QED) is 0.793. The van der Waals surface area contributed by atoms with E-state index in [0.717, 1.165) is 16.9 Å². The predicted molar refractivity (Wildman–Crippen MR) is 83.6 cm³/mol. The third-order valence-electron chi connectivity index (χ3n) is 3.87. The number of nitrogens with zero attached hydrogens (tertiary/aromatic N) is 3. The van der Waals surface area contributed by atoms with Crippen LogP contribution >= 0.6 is 11.3 Å². The molecule has 0 N–H and O–H groups in total. The van der Waals surface area contributed by atoms with E-state index in [0.29, 0.717) is 12.1 Å². The van der Waals surface area contributed by atoms with Crippen molar-refractivity contribution in [1.82, 2.24) is 14.7 Å². The van der Waals surface area contributed by atoms with Crippen molar-refractivity contribution in [3.8, 4) is 5.88 Å². The van der Waals surface area contributed by atoms with Gasteiger partial charge in [0.15, 0.2) is 6.04 Å². The minimum absolute atomic E-state index is 0.247. The molecule has 122 valence electrons. The summed E-state index contributed by atoms with van der Waals surface area (Å²) in [4.78, 5) is 27.9. The number of thiophene rings is 1. The van der Waals surface area contributed by atoms with Crippen LogP contribution in [0.5, 0.6) is 5.88 Å². The Morgan fingerprint density at radius 3 is 2.87 bits per heavy atom. The van der Waals surface area contributed by atoms with Crippen LogP contribution in [0, 0.1) is 0 Å². The van der Waals surface area contributed by atoms with Gasteiger partial charge in [-0.15, -0.1) is 16.4 Å². The molecule has 0 saturated heterocycles. The van der Waals surface area contributed by atoms with Gasteiger partial charge in [0.05, 0.1) is 14.2 Å². The molecule has 0 bridgehead atoms. The van der Waals surface area contributed by atoms with Gasteiger partial charge in [0, 0.05) is 24.7 Å². The second kappa shape index (κ2) is 6.04. The molecule has 0 saturated carbocycles. The number of methoxy groups -OCH3 is 2. The lowest BCUT2D eigenvalue weighted by molar-refractivity contribution is -0.146. The number of carbonyl (C=O) groups is 2. The molecule has 0 radical (unpaired) electrons. The lowest BCUT2D eigenvalue weighted by Crippen LogP contribution is -2.43. The Bertz CT molecular complexity index is 752. The molecule has 0 aromatic carbocycles. The van der Waals surface area contributed by atoms with Crippen LogP contribution in [-0.2, 0) is 23.0 Å². The monoisotopic (exact) mass is 335 g/mol. The molecule has 7 nitrogen and oxygen atoms in total. The molecule has 1 atom stereocenters. The Hall–Kier alpha value is -2.35. The Kier molecular flexibility index (Phi) is 4.08. The summed E-state index contributed by atoms with van der Waals surface area (Å²) < 4.78 is 11.6. The smallest absolute Gasteiger partial charge is 0.333 e. The number of carbonyl (C=O) groups excluding carboxylic acids is 2. The Morgan fingerprint density at radius 2 is 2.17 bits per heavy atom. The van der Waals surface area contributed by atoms with Gasteiger partial charge < -0.3 is 14.4 Å². The van der Waals surface area contributed by atoms with Gasteiger partial charge in [0.1, 0.15) is 5.56 Å². The molecular formula is C15H17N3O4S. The van der Waals surface area contributed by atoms with Crippen LogP contribution in [0.15, 0.2) is 17.6 Å². The summed E-state index contributed by atoms with van der Waals surface area (Å²) in [6.45, 7) is 0.449. The van der Waals surface area contributed by atoms with Gasteiger partial charge in [-0.1, -0.05) is 0 Å². The largest absolute Gasteiger partial charge is 0.479 e. The lowest BCUT2D eigenvalue weighted by Gasteiger charge is -2.33. The molecule has 8 heteroatoms. The zero-order chi connectivity index (χ0) is 16.6. The van der Waals surface area contributed by atoms with Crippen LogP contribution in [0.3, 0.4) is 0 Å². The summed E-state index contributed by atoms with van der Waals surface area (Å²) in [5.74, 6) is -0.486. The van der Waals surface area contributed by atoms with E-state index in [9.17, 15) is 9.59 Å². The highest BCUT2D eigenvalue weighted by molar-refractivity contribution is 7.10. The molecule has 3 heterocycles. The molecule has 23 heavy (non-hydrogen) atoms. The Labute approximate surface area is 137 Å². The Balaban J connectivity index is 2.00. The topological polar surface area (TPSA) is 73.7 Å². The lowest BCUT2D eigenvalue weighted by atomic mass is 9.99. The van der Waals surface area contributed by atoms with Crippen LogP contribution in [0.1, 0.15) is 26.8 Å². The predicted octanol–water partition coefficient (Wildman–Crippen LogP) is 1.40. The molecule has 0 fully saturated rings. The van der Waals surface area contributed by atoms with Gasteiger partial charge >= 0.3 is 5.97 Å². The number of fused-ring (bicyclic) bond motifs is 1. The van der Waals surface area contributed by atoms with Gasteiger partial charge in [0.2, 0.25) is 5.88 Å². The second-order valence-corrected chi connectivity index (χ2v) is 6.20. The van der Waals surface area contributed by atoms with E-state index in [1.165, 1.54) is 23.8 Å². The maximum atomic E-state index is 12.9. The van der Waals surface area contributed by atoms with Crippen LogP contribution in [0.2, 0.25) is 0 Å². The molecule has 1 amide bonds.